The lowest BCUT2D eigenvalue weighted by Gasteiger charge is -2.06. The van der Waals surface area contributed by atoms with Crippen LogP contribution < -0.4 is 0 Å². The number of hydrogen-bond donors (Lipinski definition) is 0. The Labute approximate surface area is 110 Å². The van der Waals surface area contributed by atoms with Gasteiger partial charge in [-0.05, 0) is 19.3 Å². The molecule has 0 aromatic carbocycles. The summed E-state index contributed by atoms with van der Waals surface area (Å²) in [6.45, 7) is 4.55. The first-order valence-electron chi connectivity index (χ1n) is 6.20. The fraction of sp³-hybridized carbons (Fsp3) is 1.00. The van der Waals surface area contributed by atoms with Gasteiger partial charge in [-0.2, -0.15) is 0 Å². The third-order valence-electron chi connectivity index (χ3n) is 2.10. The highest BCUT2D eigenvalue weighted by atomic mass is 35.5. The smallest absolute Gasteiger partial charge is 0.0701 e. The standard InChI is InChI=1S/C12H25ClO4/c1-14-7-8-16-11-12-17-10-9-15-6-4-2-3-5-13/h2-12H2,1H3. The van der Waals surface area contributed by atoms with E-state index in [2.05, 4.69) is 0 Å². The van der Waals surface area contributed by atoms with E-state index in [1.54, 1.807) is 7.11 Å². The zero-order valence-electron chi connectivity index (χ0n) is 10.8. The molecule has 0 aromatic heterocycles. The molecule has 0 heterocycles. The average Bonchev–Trinajstić information content (AvgIpc) is 2.35. The maximum Gasteiger partial charge on any atom is 0.0701 e. The predicted molar refractivity (Wildman–Crippen MR) is 68.9 cm³/mol. The van der Waals surface area contributed by atoms with Crippen molar-refractivity contribution in [3.05, 3.63) is 0 Å². The van der Waals surface area contributed by atoms with Gasteiger partial charge in [0, 0.05) is 19.6 Å². The summed E-state index contributed by atoms with van der Waals surface area (Å²) in [6.07, 6.45) is 3.28. The van der Waals surface area contributed by atoms with E-state index >= 15 is 0 Å². The second-order valence-corrected chi connectivity index (χ2v) is 3.96. The number of ether oxygens (including phenoxy) is 4. The van der Waals surface area contributed by atoms with Crippen LogP contribution in [0.15, 0.2) is 0 Å². The van der Waals surface area contributed by atoms with Crippen molar-refractivity contribution in [1.82, 2.24) is 0 Å². The highest BCUT2D eigenvalue weighted by Gasteiger charge is 1.92. The Morgan fingerprint density at radius 3 is 1.71 bits per heavy atom. The van der Waals surface area contributed by atoms with E-state index in [1.807, 2.05) is 0 Å². The monoisotopic (exact) mass is 268 g/mol. The lowest BCUT2D eigenvalue weighted by Crippen LogP contribution is -2.11. The van der Waals surface area contributed by atoms with Crippen LogP contribution in [0.1, 0.15) is 19.3 Å². The van der Waals surface area contributed by atoms with E-state index < -0.39 is 0 Å². The molecule has 4 nitrogen and oxygen atoms in total. The van der Waals surface area contributed by atoms with Gasteiger partial charge in [-0.1, -0.05) is 0 Å². The molecular formula is C12H25ClO4. The van der Waals surface area contributed by atoms with Gasteiger partial charge in [0.15, 0.2) is 0 Å². The molecule has 0 radical (unpaired) electrons. The SMILES string of the molecule is COCCOCCOCCOCCCCCCl. The largest absolute Gasteiger partial charge is 0.382 e. The highest BCUT2D eigenvalue weighted by molar-refractivity contribution is 6.17. The second kappa shape index (κ2) is 16.1. The van der Waals surface area contributed by atoms with Gasteiger partial charge in [0.25, 0.3) is 0 Å². The summed E-state index contributed by atoms with van der Waals surface area (Å²) in [5, 5.41) is 0. The van der Waals surface area contributed by atoms with Crippen molar-refractivity contribution in [1.29, 1.82) is 0 Å². The average molecular weight is 269 g/mol. The van der Waals surface area contributed by atoms with E-state index in [0.29, 0.717) is 39.6 Å². The molecule has 0 aromatic rings. The van der Waals surface area contributed by atoms with E-state index in [1.165, 1.54) is 0 Å². The first-order valence-corrected chi connectivity index (χ1v) is 6.73. The van der Waals surface area contributed by atoms with Crippen molar-refractivity contribution in [2.75, 3.05) is 59.2 Å². The van der Waals surface area contributed by atoms with E-state index in [9.17, 15) is 0 Å². The minimum absolute atomic E-state index is 0.610. The van der Waals surface area contributed by atoms with Crippen molar-refractivity contribution in [3.8, 4) is 0 Å². The number of alkyl halides is 1. The molecule has 0 N–H and O–H groups in total. The van der Waals surface area contributed by atoms with Gasteiger partial charge in [-0.25, -0.2) is 0 Å². The Hall–Kier alpha value is 0.130. The third-order valence-corrected chi connectivity index (χ3v) is 2.37. The lowest BCUT2D eigenvalue weighted by atomic mass is 10.3. The van der Waals surface area contributed by atoms with Gasteiger partial charge >= 0.3 is 0 Å². The molecule has 0 aliphatic carbocycles. The minimum Gasteiger partial charge on any atom is -0.382 e. The Balaban J connectivity index is 2.85. The first kappa shape index (κ1) is 17.1. The zero-order valence-corrected chi connectivity index (χ0v) is 11.5. The number of unbranched alkanes of at least 4 members (excludes halogenated alkanes) is 2. The Morgan fingerprint density at radius 1 is 0.647 bits per heavy atom. The molecule has 0 fully saturated rings. The fourth-order valence-corrected chi connectivity index (χ4v) is 1.35. The molecule has 0 amide bonds. The Morgan fingerprint density at radius 2 is 1.18 bits per heavy atom. The quantitative estimate of drug-likeness (QED) is 0.357. The van der Waals surface area contributed by atoms with Gasteiger partial charge in [0.05, 0.1) is 39.6 Å². The van der Waals surface area contributed by atoms with Crippen LogP contribution in [-0.4, -0.2) is 59.2 Å². The molecule has 0 aliphatic rings. The summed E-state index contributed by atoms with van der Waals surface area (Å²) in [6, 6.07) is 0. The summed E-state index contributed by atoms with van der Waals surface area (Å²) in [4.78, 5) is 0. The number of halogens is 1. The van der Waals surface area contributed by atoms with Crippen LogP contribution in [0.5, 0.6) is 0 Å². The highest BCUT2D eigenvalue weighted by Crippen LogP contribution is 1.97. The lowest BCUT2D eigenvalue weighted by molar-refractivity contribution is 0.00327. The molecule has 0 atom stereocenters. The molecule has 0 spiro atoms. The minimum atomic E-state index is 0.610. The molecule has 5 heteroatoms. The molecule has 17 heavy (non-hydrogen) atoms. The third kappa shape index (κ3) is 16.1. The van der Waals surface area contributed by atoms with Crippen molar-refractivity contribution in [3.63, 3.8) is 0 Å². The molecular weight excluding hydrogens is 244 g/mol. The van der Waals surface area contributed by atoms with Crippen molar-refractivity contribution in [2.24, 2.45) is 0 Å². The summed E-state index contributed by atoms with van der Waals surface area (Å²) in [7, 11) is 1.66. The first-order chi connectivity index (χ1) is 8.41. The van der Waals surface area contributed by atoms with Crippen molar-refractivity contribution < 1.29 is 18.9 Å². The van der Waals surface area contributed by atoms with Crippen LogP contribution in [0.2, 0.25) is 0 Å². The predicted octanol–water partition coefficient (Wildman–Crippen LogP) is 2.09. The van der Waals surface area contributed by atoms with Crippen LogP contribution in [0, 0.1) is 0 Å². The zero-order chi connectivity index (χ0) is 12.6. The topological polar surface area (TPSA) is 36.9 Å². The summed E-state index contributed by atoms with van der Waals surface area (Å²) >= 11 is 5.56. The molecule has 0 aliphatic heterocycles. The molecule has 0 saturated carbocycles. The van der Waals surface area contributed by atoms with Gasteiger partial charge < -0.3 is 18.9 Å². The van der Waals surface area contributed by atoms with Gasteiger partial charge in [0.1, 0.15) is 0 Å². The summed E-state index contributed by atoms with van der Waals surface area (Å²) < 4.78 is 20.8. The number of methoxy groups -OCH3 is 1. The summed E-state index contributed by atoms with van der Waals surface area (Å²) in [5.41, 5.74) is 0. The number of rotatable bonds is 14. The van der Waals surface area contributed by atoms with Crippen molar-refractivity contribution in [2.45, 2.75) is 19.3 Å². The van der Waals surface area contributed by atoms with Gasteiger partial charge in [-0.3, -0.25) is 0 Å². The normalized spacial score (nSPS) is 10.9. The summed E-state index contributed by atoms with van der Waals surface area (Å²) in [5.74, 6) is 0.742. The maximum atomic E-state index is 5.56. The second-order valence-electron chi connectivity index (χ2n) is 3.58. The molecule has 104 valence electrons. The fourth-order valence-electron chi connectivity index (χ4n) is 1.16. The number of hydrogen-bond acceptors (Lipinski definition) is 4. The maximum absolute atomic E-state index is 5.56. The molecule has 0 bridgehead atoms. The molecule has 0 rings (SSSR count). The van der Waals surface area contributed by atoms with Gasteiger partial charge in [-0.15, -0.1) is 11.6 Å². The van der Waals surface area contributed by atoms with Crippen LogP contribution in [-0.2, 0) is 18.9 Å². The molecule has 0 saturated heterocycles. The van der Waals surface area contributed by atoms with Crippen LogP contribution in [0.4, 0.5) is 0 Å². The van der Waals surface area contributed by atoms with Crippen LogP contribution >= 0.6 is 11.6 Å². The van der Waals surface area contributed by atoms with Crippen LogP contribution in [0.25, 0.3) is 0 Å². The van der Waals surface area contributed by atoms with Crippen molar-refractivity contribution >= 4 is 11.6 Å². The molecule has 0 unspecified atom stereocenters. The van der Waals surface area contributed by atoms with E-state index in [-0.39, 0.29) is 0 Å². The van der Waals surface area contributed by atoms with Crippen LogP contribution in [0.3, 0.4) is 0 Å². The van der Waals surface area contributed by atoms with E-state index in [4.69, 9.17) is 30.5 Å². The Bertz CT molecular complexity index is 122. The van der Waals surface area contributed by atoms with Gasteiger partial charge in [0.2, 0.25) is 0 Å². The van der Waals surface area contributed by atoms with E-state index in [0.717, 1.165) is 31.7 Å². The Kier molecular flexibility index (Phi) is 16.3.